The van der Waals surface area contributed by atoms with Gasteiger partial charge in [0.15, 0.2) is 0 Å². The van der Waals surface area contributed by atoms with Crippen molar-refractivity contribution in [3.05, 3.63) is 47.5 Å². The molecule has 0 aromatic carbocycles. The van der Waals surface area contributed by atoms with Crippen LogP contribution < -0.4 is 0 Å². The highest BCUT2D eigenvalue weighted by atomic mass is 32.2. The molecule has 3 rings (SSSR count). The fourth-order valence-electron chi connectivity index (χ4n) is 3.00. The number of furan rings is 1. The van der Waals surface area contributed by atoms with Gasteiger partial charge in [0.1, 0.15) is 16.9 Å². The molecule has 0 spiro atoms. The molecule has 1 saturated heterocycles. The van der Waals surface area contributed by atoms with Gasteiger partial charge in [0, 0.05) is 19.6 Å². The van der Waals surface area contributed by atoms with Crippen LogP contribution in [0.2, 0.25) is 0 Å². The van der Waals surface area contributed by atoms with Gasteiger partial charge in [-0.2, -0.15) is 5.26 Å². The molecule has 0 aliphatic carbocycles. The lowest BCUT2D eigenvalue weighted by Crippen LogP contribution is -2.30. The number of nitriles is 1. The average Bonchev–Trinajstić information content (AvgIpc) is 3.02. The van der Waals surface area contributed by atoms with E-state index in [4.69, 9.17) is 9.68 Å². The van der Waals surface area contributed by atoms with Crippen LogP contribution in [0.4, 0.5) is 0 Å². The van der Waals surface area contributed by atoms with Crippen molar-refractivity contribution in [2.75, 3.05) is 32.4 Å². The van der Waals surface area contributed by atoms with Gasteiger partial charge in [-0.05, 0) is 50.0 Å². The third-order valence-corrected chi connectivity index (χ3v) is 4.96. The van der Waals surface area contributed by atoms with E-state index in [2.05, 4.69) is 20.9 Å². The quantitative estimate of drug-likeness (QED) is 0.779. The fraction of sp³-hybridized carbons (Fsp3) is 0.444. The summed E-state index contributed by atoms with van der Waals surface area (Å²) in [6.07, 6.45) is 4.84. The molecule has 6 heteroatoms. The van der Waals surface area contributed by atoms with Crippen LogP contribution in [0.5, 0.6) is 0 Å². The van der Waals surface area contributed by atoms with Gasteiger partial charge in [-0.1, -0.05) is 0 Å². The predicted molar refractivity (Wildman–Crippen MR) is 94.6 cm³/mol. The van der Waals surface area contributed by atoms with E-state index in [0.717, 1.165) is 62.2 Å². The molecule has 0 radical (unpaired) electrons. The third-order valence-electron chi connectivity index (χ3n) is 4.26. The second kappa shape index (κ2) is 8.34. The van der Waals surface area contributed by atoms with Gasteiger partial charge in [0.25, 0.3) is 0 Å². The molecule has 126 valence electrons. The molecular weight excluding hydrogens is 320 g/mol. The van der Waals surface area contributed by atoms with Crippen molar-refractivity contribution in [3.8, 4) is 6.07 Å². The first kappa shape index (κ1) is 17.0. The Kier molecular flexibility index (Phi) is 5.91. The SMILES string of the molecule is CSc1nc(CN2CCCN(Cc3ccco3)CC2)ccc1C#N. The molecule has 0 N–H and O–H groups in total. The Morgan fingerprint density at radius 3 is 2.62 bits per heavy atom. The lowest BCUT2D eigenvalue weighted by atomic mass is 10.2. The molecule has 0 atom stereocenters. The molecule has 3 heterocycles. The lowest BCUT2D eigenvalue weighted by molar-refractivity contribution is 0.233. The summed E-state index contributed by atoms with van der Waals surface area (Å²) in [7, 11) is 0. The molecule has 1 aliphatic rings. The van der Waals surface area contributed by atoms with E-state index in [9.17, 15) is 0 Å². The summed E-state index contributed by atoms with van der Waals surface area (Å²) in [5, 5.41) is 9.93. The maximum atomic E-state index is 9.11. The molecule has 0 amide bonds. The van der Waals surface area contributed by atoms with Crippen LogP contribution in [0.1, 0.15) is 23.4 Å². The summed E-state index contributed by atoms with van der Waals surface area (Å²) >= 11 is 1.53. The van der Waals surface area contributed by atoms with E-state index in [-0.39, 0.29) is 0 Å². The van der Waals surface area contributed by atoms with Gasteiger partial charge >= 0.3 is 0 Å². The molecule has 1 aliphatic heterocycles. The van der Waals surface area contributed by atoms with Gasteiger partial charge in [0.2, 0.25) is 0 Å². The monoisotopic (exact) mass is 342 g/mol. The normalized spacial score (nSPS) is 16.7. The Morgan fingerprint density at radius 1 is 1.17 bits per heavy atom. The molecule has 24 heavy (non-hydrogen) atoms. The van der Waals surface area contributed by atoms with Crippen LogP contribution in [0.15, 0.2) is 40.0 Å². The minimum absolute atomic E-state index is 0.659. The van der Waals surface area contributed by atoms with Gasteiger partial charge in [0.05, 0.1) is 24.1 Å². The van der Waals surface area contributed by atoms with E-state index in [0.29, 0.717) is 5.56 Å². The number of hydrogen-bond acceptors (Lipinski definition) is 6. The summed E-state index contributed by atoms with van der Waals surface area (Å²) in [5.41, 5.74) is 1.70. The second-order valence-electron chi connectivity index (χ2n) is 5.96. The van der Waals surface area contributed by atoms with E-state index in [1.165, 1.54) is 11.8 Å². The Hall–Kier alpha value is -1.81. The number of pyridine rings is 1. The molecule has 2 aromatic rings. The number of hydrogen-bond donors (Lipinski definition) is 0. The Balaban J connectivity index is 1.57. The number of rotatable bonds is 5. The molecule has 2 aromatic heterocycles. The van der Waals surface area contributed by atoms with Crippen molar-refractivity contribution in [3.63, 3.8) is 0 Å². The van der Waals surface area contributed by atoms with Crippen LogP contribution in [-0.2, 0) is 13.1 Å². The number of thioether (sulfide) groups is 1. The van der Waals surface area contributed by atoms with Crippen LogP contribution >= 0.6 is 11.8 Å². The zero-order chi connectivity index (χ0) is 16.8. The Morgan fingerprint density at radius 2 is 1.96 bits per heavy atom. The maximum Gasteiger partial charge on any atom is 0.117 e. The van der Waals surface area contributed by atoms with E-state index in [1.807, 2.05) is 30.5 Å². The zero-order valence-corrected chi connectivity index (χ0v) is 14.8. The molecule has 1 fully saturated rings. The minimum Gasteiger partial charge on any atom is -0.468 e. The standard InChI is InChI=1S/C18H22N4OS/c1-24-18-15(12-19)5-6-16(20-18)13-21-7-3-8-22(10-9-21)14-17-4-2-11-23-17/h2,4-6,11H,3,7-10,13-14H2,1H3. The van der Waals surface area contributed by atoms with Gasteiger partial charge < -0.3 is 4.42 Å². The summed E-state index contributed by atoms with van der Waals surface area (Å²) < 4.78 is 5.45. The first-order valence-electron chi connectivity index (χ1n) is 8.19. The first-order valence-corrected chi connectivity index (χ1v) is 9.42. The highest BCUT2D eigenvalue weighted by Gasteiger charge is 2.17. The highest BCUT2D eigenvalue weighted by Crippen LogP contribution is 2.19. The van der Waals surface area contributed by atoms with Crippen molar-refractivity contribution >= 4 is 11.8 Å². The third kappa shape index (κ3) is 4.38. The van der Waals surface area contributed by atoms with Crippen molar-refractivity contribution in [1.82, 2.24) is 14.8 Å². The lowest BCUT2D eigenvalue weighted by Gasteiger charge is -2.21. The second-order valence-corrected chi connectivity index (χ2v) is 6.75. The topological polar surface area (TPSA) is 56.3 Å². The van der Waals surface area contributed by atoms with E-state index < -0.39 is 0 Å². The molecular formula is C18H22N4OS. The molecule has 5 nitrogen and oxygen atoms in total. The van der Waals surface area contributed by atoms with Crippen LogP contribution in [-0.4, -0.2) is 47.2 Å². The van der Waals surface area contributed by atoms with Crippen molar-refractivity contribution in [2.24, 2.45) is 0 Å². The van der Waals surface area contributed by atoms with Crippen molar-refractivity contribution in [2.45, 2.75) is 24.5 Å². The van der Waals surface area contributed by atoms with Crippen LogP contribution in [0.25, 0.3) is 0 Å². The van der Waals surface area contributed by atoms with Crippen LogP contribution in [0.3, 0.4) is 0 Å². The Bertz CT molecular complexity index is 696. The number of nitrogens with zero attached hydrogens (tertiary/aromatic N) is 4. The average molecular weight is 342 g/mol. The maximum absolute atomic E-state index is 9.11. The molecule has 0 unspecified atom stereocenters. The largest absolute Gasteiger partial charge is 0.468 e. The van der Waals surface area contributed by atoms with E-state index >= 15 is 0 Å². The predicted octanol–water partition coefficient (Wildman–Crippen LogP) is 2.98. The summed E-state index contributed by atoms with van der Waals surface area (Å²) in [6.45, 7) is 5.95. The van der Waals surface area contributed by atoms with Gasteiger partial charge in [-0.25, -0.2) is 4.98 Å². The Labute approximate surface area is 147 Å². The number of aromatic nitrogens is 1. The molecule has 0 saturated carbocycles. The zero-order valence-electron chi connectivity index (χ0n) is 13.9. The fourth-order valence-corrected chi connectivity index (χ4v) is 3.54. The van der Waals surface area contributed by atoms with Crippen LogP contribution in [0, 0.1) is 11.3 Å². The highest BCUT2D eigenvalue weighted by molar-refractivity contribution is 7.98. The van der Waals surface area contributed by atoms with Crippen molar-refractivity contribution in [1.29, 1.82) is 5.26 Å². The van der Waals surface area contributed by atoms with E-state index in [1.54, 1.807) is 6.26 Å². The summed E-state index contributed by atoms with van der Waals surface area (Å²) in [6, 6.07) is 10.0. The summed E-state index contributed by atoms with van der Waals surface area (Å²) in [5.74, 6) is 1.03. The van der Waals surface area contributed by atoms with Gasteiger partial charge in [-0.3, -0.25) is 9.80 Å². The molecule has 0 bridgehead atoms. The minimum atomic E-state index is 0.659. The summed E-state index contributed by atoms with van der Waals surface area (Å²) in [4.78, 5) is 9.52. The van der Waals surface area contributed by atoms with Crippen molar-refractivity contribution < 1.29 is 4.42 Å². The van der Waals surface area contributed by atoms with Gasteiger partial charge in [-0.15, -0.1) is 11.8 Å². The smallest absolute Gasteiger partial charge is 0.117 e. The first-order chi connectivity index (χ1) is 11.8.